The minimum absolute atomic E-state index is 0.303. The summed E-state index contributed by atoms with van der Waals surface area (Å²) in [5, 5.41) is 0. The zero-order valence-corrected chi connectivity index (χ0v) is 11.4. The maximum Gasteiger partial charge on any atom is 0.0720 e. The first-order valence-corrected chi connectivity index (χ1v) is 6.45. The van der Waals surface area contributed by atoms with Crippen molar-refractivity contribution < 1.29 is 4.74 Å². The molecule has 1 aromatic rings. The largest absolute Gasteiger partial charge is 0.374 e. The highest BCUT2D eigenvalue weighted by Gasteiger charge is 2.07. The van der Waals surface area contributed by atoms with E-state index in [9.17, 15) is 0 Å². The Bertz CT molecular complexity index is 318. The maximum absolute atomic E-state index is 5.79. The van der Waals surface area contributed by atoms with Gasteiger partial charge < -0.3 is 10.5 Å². The molecular formula is C15H25NO. The molecule has 2 N–H and O–H groups in total. The Labute approximate surface area is 105 Å². The lowest BCUT2D eigenvalue weighted by molar-refractivity contribution is 0.0235. The van der Waals surface area contributed by atoms with Gasteiger partial charge in [-0.2, -0.15) is 0 Å². The van der Waals surface area contributed by atoms with Crippen LogP contribution >= 0.6 is 0 Å². The molecule has 2 unspecified atom stereocenters. The monoisotopic (exact) mass is 235 g/mol. The summed E-state index contributed by atoms with van der Waals surface area (Å²) in [5.74, 6) is 0.992. The van der Waals surface area contributed by atoms with E-state index in [0.717, 1.165) is 0 Å². The van der Waals surface area contributed by atoms with Gasteiger partial charge in [-0.1, -0.05) is 45.0 Å². The molecular weight excluding hydrogens is 210 g/mol. The van der Waals surface area contributed by atoms with Gasteiger partial charge in [0.2, 0.25) is 0 Å². The Balaban J connectivity index is 2.51. The Hall–Kier alpha value is -0.860. The second-order valence-corrected chi connectivity index (χ2v) is 5.14. The van der Waals surface area contributed by atoms with Crippen LogP contribution in [0, 0.1) is 5.92 Å². The van der Waals surface area contributed by atoms with Gasteiger partial charge in [0.25, 0.3) is 0 Å². The summed E-state index contributed by atoms with van der Waals surface area (Å²) in [6.07, 6.45) is 0.303. The molecule has 0 spiro atoms. The second kappa shape index (κ2) is 6.77. The Kier molecular flexibility index (Phi) is 5.66. The van der Waals surface area contributed by atoms with Crippen LogP contribution in [0.15, 0.2) is 24.3 Å². The van der Waals surface area contributed by atoms with Crippen LogP contribution in [-0.4, -0.2) is 12.6 Å². The molecule has 0 amide bonds. The van der Waals surface area contributed by atoms with E-state index in [-0.39, 0.29) is 0 Å². The van der Waals surface area contributed by atoms with Gasteiger partial charge >= 0.3 is 0 Å². The van der Waals surface area contributed by atoms with Crippen LogP contribution in [0.3, 0.4) is 0 Å². The van der Waals surface area contributed by atoms with Crippen LogP contribution in [0.1, 0.15) is 44.7 Å². The van der Waals surface area contributed by atoms with E-state index in [1.807, 2.05) is 0 Å². The van der Waals surface area contributed by atoms with Gasteiger partial charge in [0, 0.05) is 0 Å². The summed E-state index contributed by atoms with van der Waals surface area (Å²) in [4.78, 5) is 0. The molecule has 0 aliphatic rings. The summed E-state index contributed by atoms with van der Waals surface area (Å²) in [6, 6.07) is 8.57. The molecule has 0 saturated heterocycles. The fraction of sp³-hybridized carbons (Fsp3) is 0.600. The van der Waals surface area contributed by atoms with Gasteiger partial charge in [0.1, 0.15) is 0 Å². The zero-order valence-electron chi connectivity index (χ0n) is 11.4. The summed E-state index contributed by atoms with van der Waals surface area (Å²) >= 11 is 0. The highest BCUT2D eigenvalue weighted by Crippen LogP contribution is 2.16. The summed E-state index contributed by atoms with van der Waals surface area (Å²) < 4.78 is 5.79. The lowest BCUT2D eigenvalue weighted by atomic mass is 10.0. The molecule has 0 aliphatic heterocycles. The van der Waals surface area contributed by atoms with Gasteiger partial charge in [0.05, 0.1) is 12.7 Å². The topological polar surface area (TPSA) is 35.2 Å². The molecule has 1 aromatic carbocycles. The van der Waals surface area contributed by atoms with Crippen molar-refractivity contribution in [2.24, 2.45) is 11.7 Å². The molecule has 0 fully saturated rings. The van der Waals surface area contributed by atoms with Crippen LogP contribution in [0.2, 0.25) is 0 Å². The molecule has 0 aromatic heterocycles. The minimum atomic E-state index is 0.303. The fourth-order valence-corrected chi connectivity index (χ4v) is 1.50. The SMILES string of the molecule is CC(CN)c1ccc(COC(C)C(C)C)cc1. The van der Waals surface area contributed by atoms with Crippen molar-refractivity contribution >= 4 is 0 Å². The van der Waals surface area contributed by atoms with Crippen molar-refractivity contribution in [3.8, 4) is 0 Å². The van der Waals surface area contributed by atoms with E-state index in [1.54, 1.807) is 0 Å². The van der Waals surface area contributed by atoms with Crippen LogP contribution in [0.4, 0.5) is 0 Å². The normalized spacial score (nSPS) is 14.9. The minimum Gasteiger partial charge on any atom is -0.374 e. The molecule has 0 radical (unpaired) electrons. The predicted molar refractivity (Wildman–Crippen MR) is 73.0 cm³/mol. The third-order valence-electron chi connectivity index (χ3n) is 3.35. The molecule has 96 valence electrons. The van der Waals surface area contributed by atoms with Crippen LogP contribution in [-0.2, 0) is 11.3 Å². The van der Waals surface area contributed by atoms with Gasteiger partial charge in [-0.3, -0.25) is 0 Å². The lowest BCUT2D eigenvalue weighted by Crippen LogP contribution is -2.15. The summed E-state index contributed by atoms with van der Waals surface area (Å²) in [7, 11) is 0. The number of ether oxygens (including phenoxy) is 1. The first-order chi connectivity index (χ1) is 8.04. The third-order valence-corrected chi connectivity index (χ3v) is 3.35. The maximum atomic E-state index is 5.79. The van der Waals surface area contributed by atoms with Gasteiger partial charge in [-0.25, -0.2) is 0 Å². The van der Waals surface area contributed by atoms with E-state index in [2.05, 4.69) is 52.0 Å². The van der Waals surface area contributed by atoms with Gasteiger partial charge in [-0.05, 0) is 36.4 Å². The van der Waals surface area contributed by atoms with Crippen molar-refractivity contribution in [2.45, 2.75) is 46.3 Å². The first-order valence-electron chi connectivity index (χ1n) is 6.45. The molecule has 0 saturated carbocycles. The Morgan fingerprint density at radius 1 is 1.06 bits per heavy atom. The number of benzene rings is 1. The van der Waals surface area contributed by atoms with Gasteiger partial charge in [-0.15, -0.1) is 0 Å². The number of nitrogens with two attached hydrogens (primary N) is 1. The van der Waals surface area contributed by atoms with E-state index in [0.29, 0.717) is 31.1 Å². The molecule has 2 atom stereocenters. The van der Waals surface area contributed by atoms with Crippen LogP contribution in [0.5, 0.6) is 0 Å². The van der Waals surface area contributed by atoms with E-state index < -0.39 is 0 Å². The molecule has 0 heterocycles. The first kappa shape index (κ1) is 14.2. The highest BCUT2D eigenvalue weighted by molar-refractivity contribution is 5.24. The van der Waals surface area contributed by atoms with Crippen LogP contribution in [0.25, 0.3) is 0 Å². The van der Waals surface area contributed by atoms with E-state index in [4.69, 9.17) is 10.5 Å². The smallest absolute Gasteiger partial charge is 0.0720 e. The Morgan fingerprint density at radius 3 is 2.12 bits per heavy atom. The van der Waals surface area contributed by atoms with E-state index >= 15 is 0 Å². The van der Waals surface area contributed by atoms with Crippen molar-refractivity contribution in [3.05, 3.63) is 35.4 Å². The van der Waals surface area contributed by atoms with Gasteiger partial charge in [0.15, 0.2) is 0 Å². The molecule has 1 rings (SSSR count). The number of rotatable bonds is 6. The van der Waals surface area contributed by atoms with E-state index in [1.165, 1.54) is 11.1 Å². The average Bonchev–Trinajstić information content (AvgIpc) is 2.35. The van der Waals surface area contributed by atoms with Crippen molar-refractivity contribution in [3.63, 3.8) is 0 Å². The molecule has 2 nitrogen and oxygen atoms in total. The molecule has 0 aliphatic carbocycles. The van der Waals surface area contributed by atoms with Crippen LogP contribution < -0.4 is 5.73 Å². The highest BCUT2D eigenvalue weighted by atomic mass is 16.5. The second-order valence-electron chi connectivity index (χ2n) is 5.14. The predicted octanol–water partition coefficient (Wildman–Crippen LogP) is 3.31. The zero-order chi connectivity index (χ0) is 12.8. The average molecular weight is 235 g/mol. The number of hydrogen-bond acceptors (Lipinski definition) is 2. The lowest BCUT2D eigenvalue weighted by Gasteiger charge is -2.17. The summed E-state index contributed by atoms with van der Waals surface area (Å²) in [6.45, 7) is 10.0. The fourth-order valence-electron chi connectivity index (χ4n) is 1.50. The molecule has 2 heteroatoms. The molecule has 0 bridgehead atoms. The quantitative estimate of drug-likeness (QED) is 0.821. The standard InChI is InChI=1S/C15H25NO/c1-11(2)13(4)17-10-14-5-7-15(8-6-14)12(3)9-16/h5-8,11-13H,9-10,16H2,1-4H3. The number of hydrogen-bond donors (Lipinski definition) is 1. The van der Waals surface area contributed by atoms with Crippen molar-refractivity contribution in [1.29, 1.82) is 0 Å². The third kappa shape index (κ3) is 4.49. The Morgan fingerprint density at radius 2 is 1.65 bits per heavy atom. The van der Waals surface area contributed by atoms with Crippen molar-refractivity contribution in [2.75, 3.05) is 6.54 Å². The van der Waals surface area contributed by atoms with Crippen molar-refractivity contribution in [1.82, 2.24) is 0 Å². The summed E-state index contributed by atoms with van der Waals surface area (Å²) in [5.41, 5.74) is 8.18. The molecule has 17 heavy (non-hydrogen) atoms.